The number of hydrogen-bond acceptors (Lipinski definition) is 4. The van der Waals surface area contributed by atoms with Crippen molar-refractivity contribution in [2.24, 2.45) is 11.0 Å². The maximum atomic E-state index is 4.46. The van der Waals surface area contributed by atoms with E-state index in [9.17, 15) is 0 Å². The van der Waals surface area contributed by atoms with Gasteiger partial charge in [-0.1, -0.05) is 13.3 Å². The maximum Gasteiger partial charge on any atom is 0.243 e. The molecule has 1 aromatic heterocycles. The van der Waals surface area contributed by atoms with E-state index in [1.165, 1.54) is 25.0 Å². The van der Waals surface area contributed by atoms with Gasteiger partial charge in [0.25, 0.3) is 0 Å². The van der Waals surface area contributed by atoms with E-state index in [1.807, 2.05) is 19.9 Å². The van der Waals surface area contributed by atoms with Crippen LogP contribution in [0.15, 0.2) is 11.2 Å². The summed E-state index contributed by atoms with van der Waals surface area (Å²) in [4.78, 5) is 8.63. The van der Waals surface area contributed by atoms with E-state index in [0.717, 1.165) is 17.8 Å². The number of rotatable bonds is 2. The Hall–Kier alpha value is -1.45. The zero-order chi connectivity index (χ0) is 12.3. The van der Waals surface area contributed by atoms with Gasteiger partial charge in [0, 0.05) is 17.1 Å². The van der Waals surface area contributed by atoms with Gasteiger partial charge < -0.3 is 0 Å². The van der Waals surface area contributed by atoms with E-state index in [0.29, 0.717) is 11.9 Å². The van der Waals surface area contributed by atoms with Crippen molar-refractivity contribution in [2.75, 3.05) is 5.43 Å². The normalized spacial score (nSPS) is 22.8. The predicted molar refractivity (Wildman–Crippen MR) is 70.2 cm³/mol. The highest BCUT2D eigenvalue weighted by atomic mass is 15.4. The SMILES string of the molecule is Cc1cc(C)nc(N/N=C2\CCCCC2C)n1. The largest absolute Gasteiger partial charge is 0.245 e. The maximum absolute atomic E-state index is 4.46. The van der Waals surface area contributed by atoms with Crippen LogP contribution in [0.5, 0.6) is 0 Å². The summed E-state index contributed by atoms with van der Waals surface area (Å²) in [5.41, 5.74) is 6.18. The van der Waals surface area contributed by atoms with Crippen molar-refractivity contribution in [1.29, 1.82) is 0 Å². The number of anilines is 1. The minimum Gasteiger partial charge on any atom is -0.245 e. The van der Waals surface area contributed by atoms with Crippen molar-refractivity contribution < 1.29 is 0 Å². The second-order valence-corrected chi connectivity index (χ2v) is 4.84. The van der Waals surface area contributed by atoms with Crippen LogP contribution < -0.4 is 5.43 Å². The molecule has 1 N–H and O–H groups in total. The van der Waals surface area contributed by atoms with Gasteiger partial charge in [0.2, 0.25) is 5.95 Å². The van der Waals surface area contributed by atoms with Crippen molar-refractivity contribution in [1.82, 2.24) is 9.97 Å². The van der Waals surface area contributed by atoms with Crippen molar-refractivity contribution in [3.63, 3.8) is 0 Å². The minimum atomic E-state index is 0.585. The quantitative estimate of drug-likeness (QED) is 0.797. The van der Waals surface area contributed by atoms with Gasteiger partial charge in [-0.15, -0.1) is 0 Å². The van der Waals surface area contributed by atoms with Gasteiger partial charge in [0.1, 0.15) is 0 Å². The summed E-state index contributed by atoms with van der Waals surface area (Å²) in [6.07, 6.45) is 4.91. The van der Waals surface area contributed by atoms with Crippen molar-refractivity contribution >= 4 is 11.7 Å². The Morgan fingerprint density at radius 2 is 1.94 bits per heavy atom. The average molecular weight is 232 g/mol. The van der Waals surface area contributed by atoms with Crippen LogP contribution in [-0.2, 0) is 0 Å². The minimum absolute atomic E-state index is 0.585. The Morgan fingerprint density at radius 3 is 2.59 bits per heavy atom. The fourth-order valence-corrected chi connectivity index (χ4v) is 2.23. The number of aromatic nitrogens is 2. The van der Waals surface area contributed by atoms with Crippen molar-refractivity contribution in [3.8, 4) is 0 Å². The first-order chi connectivity index (χ1) is 8.15. The molecule has 4 heteroatoms. The van der Waals surface area contributed by atoms with Gasteiger partial charge >= 0.3 is 0 Å². The van der Waals surface area contributed by atoms with Gasteiger partial charge in [-0.2, -0.15) is 5.10 Å². The smallest absolute Gasteiger partial charge is 0.243 e. The molecule has 4 nitrogen and oxygen atoms in total. The molecule has 1 aliphatic rings. The van der Waals surface area contributed by atoms with Crippen LogP contribution in [0.2, 0.25) is 0 Å². The topological polar surface area (TPSA) is 50.2 Å². The second kappa shape index (κ2) is 5.25. The molecule has 1 aliphatic carbocycles. The highest BCUT2D eigenvalue weighted by Gasteiger charge is 2.15. The summed E-state index contributed by atoms with van der Waals surface area (Å²) in [7, 11) is 0. The third kappa shape index (κ3) is 3.25. The van der Waals surface area contributed by atoms with E-state index < -0.39 is 0 Å². The number of hydrazone groups is 1. The zero-order valence-corrected chi connectivity index (χ0v) is 10.8. The number of hydrogen-bond donors (Lipinski definition) is 1. The fourth-order valence-electron chi connectivity index (χ4n) is 2.23. The summed E-state index contributed by atoms with van der Waals surface area (Å²) in [5, 5.41) is 4.46. The molecular weight excluding hydrogens is 212 g/mol. The lowest BCUT2D eigenvalue weighted by atomic mass is 9.89. The molecule has 0 radical (unpaired) electrons. The average Bonchev–Trinajstić information content (AvgIpc) is 2.27. The van der Waals surface area contributed by atoms with Crippen molar-refractivity contribution in [3.05, 3.63) is 17.5 Å². The first kappa shape index (κ1) is 12.0. The Kier molecular flexibility index (Phi) is 3.71. The standard InChI is InChI=1S/C13H20N4/c1-9-6-4-5-7-12(9)16-17-13-14-10(2)8-11(3)15-13/h8-9H,4-7H2,1-3H3,(H,14,15,17)/b16-12+. The van der Waals surface area contributed by atoms with Gasteiger partial charge in [-0.25, -0.2) is 15.4 Å². The first-order valence-electron chi connectivity index (χ1n) is 6.30. The summed E-state index contributed by atoms with van der Waals surface area (Å²) in [6.45, 7) is 6.18. The van der Waals surface area contributed by atoms with Gasteiger partial charge in [0.15, 0.2) is 0 Å². The molecule has 92 valence electrons. The van der Waals surface area contributed by atoms with E-state index >= 15 is 0 Å². The van der Waals surface area contributed by atoms with Crippen LogP contribution in [-0.4, -0.2) is 15.7 Å². The molecule has 0 amide bonds. The Balaban J connectivity index is 2.07. The molecule has 1 unspecified atom stereocenters. The molecular formula is C13H20N4. The summed E-state index contributed by atoms with van der Waals surface area (Å²) >= 11 is 0. The molecule has 0 saturated heterocycles. The molecule has 0 aliphatic heterocycles. The molecule has 1 atom stereocenters. The monoisotopic (exact) mass is 232 g/mol. The fraction of sp³-hybridized carbons (Fsp3) is 0.615. The lowest BCUT2D eigenvalue weighted by molar-refractivity contribution is 0.558. The molecule has 0 bridgehead atoms. The lowest BCUT2D eigenvalue weighted by Crippen LogP contribution is -2.18. The third-order valence-corrected chi connectivity index (χ3v) is 3.17. The van der Waals surface area contributed by atoms with Crippen LogP contribution in [0.4, 0.5) is 5.95 Å². The van der Waals surface area contributed by atoms with E-state index in [1.54, 1.807) is 0 Å². The Bertz CT molecular complexity index is 405. The molecule has 2 rings (SSSR count). The van der Waals surface area contributed by atoms with Crippen LogP contribution in [0.3, 0.4) is 0 Å². The molecule has 1 fully saturated rings. The van der Waals surface area contributed by atoms with Crippen LogP contribution in [0.1, 0.15) is 44.0 Å². The van der Waals surface area contributed by atoms with Crippen LogP contribution >= 0.6 is 0 Å². The van der Waals surface area contributed by atoms with Gasteiger partial charge in [-0.3, -0.25) is 0 Å². The van der Waals surface area contributed by atoms with Crippen LogP contribution in [0, 0.1) is 19.8 Å². The third-order valence-electron chi connectivity index (χ3n) is 3.17. The van der Waals surface area contributed by atoms with Crippen molar-refractivity contribution in [2.45, 2.75) is 46.5 Å². The summed E-state index contributed by atoms with van der Waals surface area (Å²) in [5.74, 6) is 1.19. The molecule has 0 aromatic carbocycles. The Morgan fingerprint density at radius 1 is 1.24 bits per heavy atom. The first-order valence-corrected chi connectivity index (χ1v) is 6.30. The molecule has 1 aromatic rings. The summed E-state index contributed by atoms with van der Waals surface area (Å²) in [6, 6.07) is 1.96. The van der Waals surface area contributed by atoms with E-state index in [-0.39, 0.29) is 0 Å². The number of nitrogens with zero attached hydrogens (tertiary/aromatic N) is 3. The zero-order valence-electron chi connectivity index (χ0n) is 10.8. The Labute approximate surface area is 103 Å². The predicted octanol–water partition coefficient (Wildman–Crippen LogP) is 3.07. The number of nitrogens with one attached hydrogen (secondary N) is 1. The lowest BCUT2D eigenvalue weighted by Gasteiger charge is -2.19. The van der Waals surface area contributed by atoms with E-state index in [2.05, 4.69) is 27.4 Å². The molecule has 1 saturated carbocycles. The molecule has 1 heterocycles. The summed E-state index contributed by atoms with van der Waals surface area (Å²) < 4.78 is 0. The molecule has 0 spiro atoms. The van der Waals surface area contributed by atoms with Gasteiger partial charge in [-0.05, 0) is 45.1 Å². The van der Waals surface area contributed by atoms with Crippen LogP contribution in [0.25, 0.3) is 0 Å². The van der Waals surface area contributed by atoms with Gasteiger partial charge in [0.05, 0.1) is 0 Å². The van der Waals surface area contributed by atoms with E-state index in [4.69, 9.17) is 0 Å². The second-order valence-electron chi connectivity index (χ2n) is 4.84. The molecule has 17 heavy (non-hydrogen) atoms. The highest BCUT2D eigenvalue weighted by Crippen LogP contribution is 2.21. The highest BCUT2D eigenvalue weighted by molar-refractivity contribution is 5.87. The number of aryl methyl sites for hydroxylation is 2.